The van der Waals surface area contributed by atoms with Gasteiger partial charge in [-0.3, -0.25) is 10.1 Å². The van der Waals surface area contributed by atoms with E-state index in [4.69, 9.17) is 9.47 Å². The molecule has 0 saturated carbocycles. The molecule has 22 heavy (non-hydrogen) atoms. The number of tetrazole rings is 1. The number of unbranched alkanes of at least 4 members (excludes halogenated alkanes) is 1. The van der Waals surface area contributed by atoms with Gasteiger partial charge in [-0.2, -0.15) is 5.21 Å². The highest BCUT2D eigenvalue weighted by Crippen LogP contribution is 2.32. The second-order valence-electron chi connectivity index (χ2n) is 4.71. The van der Waals surface area contributed by atoms with Crippen LogP contribution >= 0.6 is 0 Å². The van der Waals surface area contributed by atoms with Gasteiger partial charge >= 0.3 is 0 Å². The number of aromatic nitrogens is 4. The average Bonchev–Trinajstić information content (AvgIpc) is 3.17. The normalized spacial score (nSPS) is 12.7. The zero-order chi connectivity index (χ0) is 15.2. The number of carbonyl (C=O) groups is 1. The molecule has 1 aliphatic heterocycles. The lowest BCUT2D eigenvalue weighted by molar-refractivity contribution is -0.112. The van der Waals surface area contributed by atoms with Crippen LogP contribution in [0.4, 0.5) is 5.95 Å². The first-order chi connectivity index (χ1) is 10.8. The number of rotatable bonds is 6. The summed E-state index contributed by atoms with van der Waals surface area (Å²) in [5.41, 5.74) is 1.19. The Labute approximate surface area is 126 Å². The molecule has 0 unspecified atom stereocenters. The molecule has 2 heterocycles. The standard InChI is InChI=1S/C14H15N5O3/c20-13(15-14-16-18-19-17-14)5-3-1-2-4-10-6-7-11-12(8-10)22-9-21-11/h3,5-8H,1-2,4,9H2,(H2,15,16,17,18,19,20). The Bertz CT molecular complexity index is 669. The summed E-state index contributed by atoms with van der Waals surface area (Å²) < 4.78 is 10.6. The van der Waals surface area contributed by atoms with E-state index in [0.29, 0.717) is 0 Å². The summed E-state index contributed by atoms with van der Waals surface area (Å²) >= 11 is 0. The Morgan fingerprint density at radius 2 is 2.27 bits per heavy atom. The maximum absolute atomic E-state index is 11.5. The van der Waals surface area contributed by atoms with Gasteiger partial charge in [-0.05, 0) is 48.2 Å². The van der Waals surface area contributed by atoms with Crippen molar-refractivity contribution in [2.24, 2.45) is 0 Å². The first-order valence-electron chi connectivity index (χ1n) is 6.91. The molecule has 0 aliphatic carbocycles. The van der Waals surface area contributed by atoms with Gasteiger partial charge < -0.3 is 9.47 Å². The van der Waals surface area contributed by atoms with Gasteiger partial charge in [0.05, 0.1) is 0 Å². The number of hydrogen-bond acceptors (Lipinski definition) is 6. The van der Waals surface area contributed by atoms with Crippen LogP contribution < -0.4 is 14.8 Å². The highest BCUT2D eigenvalue weighted by molar-refractivity contribution is 5.97. The van der Waals surface area contributed by atoms with Crippen molar-refractivity contribution in [3.05, 3.63) is 35.9 Å². The molecule has 0 fully saturated rings. The highest BCUT2D eigenvalue weighted by atomic mass is 16.7. The Morgan fingerprint density at radius 1 is 1.36 bits per heavy atom. The topological polar surface area (TPSA) is 102 Å². The van der Waals surface area contributed by atoms with Crippen LogP contribution in [-0.2, 0) is 11.2 Å². The van der Waals surface area contributed by atoms with Gasteiger partial charge in [0, 0.05) is 0 Å². The molecule has 2 aromatic rings. The Hall–Kier alpha value is -2.90. The van der Waals surface area contributed by atoms with Crippen LogP contribution in [0.2, 0.25) is 0 Å². The molecule has 8 nitrogen and oxygen atoms in total. The number of carbonyl (C=O) groups excluding carboxylic acids is 1. The smallest absolute Gasteiger partial charge is 0.270 e. The van der Waals surface area contributed by atoms with Crippen molar-refractivity contribution in [1.82, 2.24) is 20.6 Å². The number of H-pyrrole nitrogens is 1. The monoisotopic (exact) mass is 301 g/mol. The molecule has 114 valence electrons. The van der Waals surface area contributed by atoms with Gasteiger partial charge in [0.1, 0.15) is 0 Å². The molecule has 1 aromatic heterocycles. The van der Waals surface area contributed by atoms with Crippen molar-refractivity contribution < 1.29 is 14.3 Å². The molecule has 0 saturated heterocycles. The molecule has 3 rings (SSSR count). The highest BCUT2D eigenvalue weighted by Gasteiger charge is 2.12. The van der Waals surface area contributed by atoms with Gasteiger partial charge in [0.25, 0.3) is 5.95 Å². The molecule has 1 aromatic carbocycles. The second-order valence-corrected chi connectivity index (χ2v) is 4.71. The minimum absolute atomic E-state index is 0.162. The summed E-state index contributed by atoms with van der Waals surface area (Å²) in [7, 11) is 0. The zero-order valence-corrected chi connectivity index (χ0v) is 11.8. The number of aryl methyl sites for hydroxylation is 1. The van der Waals surface area contributed by atoms with E-state index in [1.165, 1.54) is 11.6 Å². The van der Waals surface area contributed by atoms with Gasteiger partial charge in [-0.15, -0.1) is 5.10 Å². The number of ether oxygens (including phenoxy) is 2. The number of allylic oxidation sites excluding steroid dienone is 1. The van der Waals surface area contributed by atoms with Crippen molar-refractivity contribution >= 4 is 11.9 Å². The fourth-order valence-corrected chi connectivity index (χ4v) is 2.08. The lowest BCUT2D eigenvalue weighted by atomic mass is 10.1. The Kier molecular flexibility index (Phi) is 4.28. The van der Waals surface area contributed by atoms with Crippen LogP contribution in [0.5, 0.6) is 11.5 Å². The number of fused-ring (bicyclic) bond motifs is 1. The van der Waals surface area contributed by atoms with E-state index in [1.807, 2.05) is 24.3 Å². The maximum Gasteiger partial charge on any atom is 0.270 e. The van der Waals surface area contributed by atoms with Gasteiger partial charge in [0.15, 0.2) is 11.5 Å². The summed E-state index contributed by atoms with van der Waals surface area (Å²) in [6.45, 7) is 0.289. The number of anilines is 1. The Balaban J connectivity index is 1.40. The SMILES string of the molecule is O=C(C=CCCCc1ccc2c(c1)OCO2)Nc1nn[nH]n1. The van der Waals surface area contributed by atoms with Crippen molar-refractivity contribution in [3.63, 3.8) is 0 Å². The predicted molar refractivity (Wildman–Crippen MR) is 77.5 cm³/mol. The second kappa shape index (κ2) is 6.70. The average molecular weight is 301 g/mol. The number of aromatic amines is 1. The molecule has 2 N–H and O–H groups in total. The van der Waals surface area contributed by atoms with E-state index in [-0.39, 0.29) is 18.6 Å². The Morgan fingerprint density at radius 3 is 3.14 bits per heavy atom. The molecule has 1 amide bonds. The predicted octanol–water partition coefficient (Wildman–Crippen LogP) is 1.45. The minimum Gasteiger partial charge on any atom is -0.454 e. The summed E-state index contributed by atoms with van der Waals surface area (Å²) in [5, 5.41) is 15.4. The molecule has 0 atom stereocenters. The van der Waals surface area contributed by atoms with Gasteiger partial charge in [0.2, 0.25) is 12.7 Å². The van der Waals surface area contributed by atoms with Crippen LogP contribution in [0, 0.1) is 0 Å². The quantitative estimate of drug-likeness (QED) is 0.618. The van der Waals surface area contributed by atoms with E-state index < -0.39 is 0 Å². The minimum atomic E-state index is -0.274. The third-order valence-electron chi connectivity index (χ3n) is 3.12. The van der Waals surface area contributed by atoms with E-state index in [9.17, 15) is 4.79 Å². The largest absolute Gasteiger partial charge is 0.454 e. The number of hydrogen-bond donors (Lipinski definition) is 2. The lowest BCUT2D eigenvalue weighted by Crippen LogP contribution is -2.09. The fraction of sp³-hybridized carbons (Fsp3) is 0.286. The van der Waals surface area contributed by atoms with Crippen LogP contribution in [0.1, 0.15) is 18.4 Å². The van der Waals surface area contributed by atoms with Crippen molar-refractivity contribution in [3.8, 4) is 11.5 Å². The third-order valence-corrected chi connectivity index (χ3v) is 3.12. The number of amides is 1. The molecular formula is C14H15N5O3. The van der Waals surface area contributed by atoms with Crippen LogP contribution in [0.25, 0.3) is 0 Å². The number of benzene rings is 1. The van der Waals surface area contributed by atoms with Gasteiger partial charge in [-0.1, -0.05) is 17.2 Å². The van der Waals surface area contributed by atoms with Gasteiger partial charge in [-0.25, -0.2) is 0 Å². The number of nitrogens with zero attached hydrogens (tertiary/aromatic N) is 3. The first kappa shape index (κ1) is 14.1. The molecule has 0 spiro atoms. The third kappa shape index (κ3) is 3.60. The fourth-order valence-electron chi connectivity index (χ4n) is 2.08. The first-order valence-corrected chi connectivity index (χ1v) is 6.91. The summed E-state index contributed by atoms with van der Waals surface area (Å²) in [5.74, 6) is 1.48. The maximum atomic E-state index is 11.5. The molecular weight excluding hydrogens is 286 g/mol. The zero-order valence-electron chi connectivity index (χ0n) is 11.8. The molecule has 1 aliphatic rings. The van der Waals surface area contributed by atoms with E-state index in [2.05, 4.69) is 25.9 Å². The van der Waals surface area contributed by atoms with Crippen molar-refractivity contribution in [2.75, 3.05) is 12.1 Å². The molecule has 0 radical (unpaired) electrons. The lowest BCUT2D eigenvalue weighted by Gasteiger charge is -2.01. The van der Waals surface area contributed by atoms with E-state index >= 15 is 0 Å². The van der Waals surface area contributed by atoms with Crippen molar-refractivity contribution in [1.29, 1.82) is 0 Å². The van der Waals surface area contributed by atoms with E-state index in [0.717, 1.165) is 30.8 Å². The number of nitrogens with one attached hydrogen (secondary N) is 2. The van der Waals surface area contributed by atoms with Crippen LogP contribution in [-0.4, -0.2) is 33.3 Å². The molecule has 8 heteroatoms. The van der Waals surface area contributed by atoms with E-state index in [1.54, 1.807) is 0 Å². The summed E-state index contributed by atoms with van der Waals surface area (Å²) in [6.07, 6.45) is 5.94. The van der Waals surface area contributed by atoms with Crippen LogP contribution in [0.3, 0.4) is 0 Å². The van der Waals surface area contributed by atoms with Crippen LogP contribution in [0.15, 0.2) is 30.4 Å². The van der Waals surface area contributed by atoms with Crippen molar-refractivity contribution in [2.45, 2.75) is 19.3 Å². The summed E-state index contributed by atoms with van der Waals surface area (Å²) in [6, 6.07) is 5.95. The molecule has 0 bridgehead atoms. The summed E-state index contributed by atoms with van der Waals surface area (Å²) in [4.78, 5) is 11.5.